The fourth-order valence-electron chi connectivity index (χ4n) is 2.57. The zero-order chi connectivity index (χ0) is 13.6. The molecule has 0 radical (unpaired) electrons. The van der Waals surface area contributed by atoms with E-state index in [0.29, 0.717) is 31.7 Å². The molecule has 1 aliphatic carbocycles. The lowest BCUT2D eigenvalue weighted by atomic mass is 10.0. The van der Waals surface area contributed by atoms with E-state index in [2.05, 4.69) is 13.8 Å². The molecule has 1 fully saturated rings. The first-order chi connectivity index (χ1) is 8.58. The third kappa shape index (κ3) is 4.03. The van der Waals surface area contributed by atoms with Crippen molar-refractivity contribution >= 4 is 9.05 Å². The lowest BCUT2D eigenvalue weighted by Crippen LogP contribution is -2.52. The third-order valence-corrected chi connectivity index (χ3v) is 5.93. The lowest BCUT2D eigenvalue weighted by Gasteiger charge is -2.32. The van der Waals surface area contributed by atoms with Crippen molar-refractivity contribution in [2.24, 2.45) is 11.8 Å². The van der Waals surface area contributed by atoms with Crippen LogP contribution in [0.2, 0.25) is 0 Å². The maximum Gasteiger partial charge on any atom is 0.679 e. The van der Waals surface area contributed by atoms with Crippen molar-refractivity contribution in [3.05, 3.63) is 0 Å². The van der Waals surface area contributed by atoms with E-state index in [0.717, 1.165) is 0 Å². The summed E-state index contributed by atoms with van der Waals surface area (Å²) in [7, 11) is -2.94. The summed E-state index contributed by atoms with van der Waals surface area (Å²) in [5.74, 6) is 1.10. The van der Waals surface area contributed by atoms with E-state index in [1.54, 1.807) is 0 Å². The Hall–Kier alpha value is 0.0569. The predicted molar refractivity (Wildman–Crippen MR) is 73.1 cm³/mol. The SMILES string of the molecule is CCO[Si](OCC)(OCC)OC1[C@H](C)CC[C@H]1C. The monoisotopic (exact) mass is 276 g/mol. The molecular weight excluding hydrogens is 248 g/mol. The van der Waals surface area contributed by atoms with Gasteiger partial charge in [-0.25, -0.2) is 0 Å². The van der Waals surface area contributed by atoms with Crippen LogP contribution in [0.15, 0.2) is 0 Å². The molecule has 0 unspecified atom stereocenters. The van der Waals surface area contributed by atoms with Gasteiger partial charge in [0.15, 0.2) is 0 Å². The van der Waals surface area contributed by atoms with E-state index in [1.807, 2.05) is 20.8 Å². The second-order valence-electron chi connectivity index (χ2n) is 4.91. The fourth-order valence-corrected chi connectivity index (χ4v) is 4.88. The van der Waals surface area contributed by atoms with Crippen molar-refractivity contribution in [1.29, 1.82) is 0 Å². The van der Waals surface area contributed by atoms with Gasteiger partial charge in [-0.3, -0.25) is 0 Å². The summed E-state index contributed by atoms with van der Waals surface area (Å²) in [4.78, 5) is 0. The molecule has 0 amide bonds. The molecule has 18 heavy (non-hydrogen) atoms. The Kier molecular flexibility index (Phi) is 6.80. The second-order valence-corrected chi connectivity index (χ2v) is 7.02. The van der Waals surface area contributed by atoms with E-state index in [4.69, 9.17) is 17.7 Å². The summed E-state index contributed by atoms with van der Waals surface area (Å²) < 4.78 is 23.4. The van der Waals surface area contributed by atoms with Crippen molar-refractivity contribution in [3.8, 4) is 0 Å². The molecule has 2 atom stereocenters. The van der Waals surface area contributed by atoms with Gasteiger partial charge in [0.05, 0.1) is 6.10 Å². The molecule has 108 valence electrons. The molecule has 0 aliphatic heterocycles. The average Bonchev–Trinajstić information content (AvgIpc) is 2.62. The Balaban J connectivity index is 2.74. The first-order valence-electron chi connectivity index (χ1n) is 7.18. The van der Waals surface area contributed by atoms with Crippen LogP contribution in [0.1, 0.15) is 47.5 Å². The van der Waals surface area contributed by atoms with Crippen molar-refractivity contribution in [2.75, 3.05) is 19.8 Å². The highest BCUT2D eigenvalue weighted by Crippen LogP contribution is 2.35. The molecule has 0 N–H and O–H groups in total. The quantitative estimate of drug-likeness (QED) is 0.639. The van der Waals surface area contributed by atoms with Gasteiger partial charge in [-0.05, 0) is 45.4 Å². The van der Waals surface area contributed by atoms with Gasteiger partial charge < -0.3 is 17.7 Å². The zero-order valence-electron chi connectivity index (χ0n) is 12.4. The summed E-state index contributed by atoms with van der Waals surface area (Å²) in [5, 5.41) is 0. The smallest absolute Gasteiger partial charge is 0.351 e. The second kappa shape index (κ2) is 7.60. The molecule has 1 saturated carbocycles. The molecule has 1 rings (SSSR count). The Morgan fingerprint density at radius 3 is 1.56 bits per heavy atom. The third-order valence-electron chi connectivity index (χ3n) is 3.44. The maximum atomic E-state index is 6.22. The van der Waals surface area contributed by atoms with Gasteiger partial charge in [0, 0.05) is 19.8 Å². The number of rotatable bonds is 8. The summed E-state index contributed by atoms with van der Waals surface area (Å²) >= 11 is 0. The molecule has 4 nitrogen and oxygen atoms in total. The van der Waals surface area contributed by atoms with Gasteiger partial charge in [-0.15, -0.1) is 0 Å². The van der Waals surface area contributed by atoms with E-state index in [9.17, 15) is 0 Å². The highest BCUT2D eigenvalue weighted by Gasteiger charge is 2.49. The summed E-state index contributed by atoms with van der Waals surface area (Å²) in [6.07, 6.45) is 2.61. The standard InChI is InChI=1S/C13H28O4Si/c1-6-14-18(15-7-2,16-8-3)17-13-11(4)9-10-12(13)5/h11-13H,6-10H2,1-5H3/t11-,12-/m1/s1. The first kappa shape index (κ1) is 16.1. The minimum absolute atomic E-state index is 0.196. The highest BCUT2D eigenvalue weighted by molar-refractivity contribution is 6.53. The van der Waals surface area contributed by atoms with E-state index in [-0.39, 0.29) is 6.10 Å². The number of hydrogen-bond acceptors (Lipinski definition) is 4. The molecule has 0 heterocycles. The van der Waals surface area contributed by atoms with Gasteiger partial charge in [0.2, 0.25) is 0 Å². The van der Waals surface area contributed by atoms with Crippen LogP contribution in [0.25, 0.3) is 0 Å². The molecule has 1 aliphatic rings. The molecule has 0 saturated heterocycles. The van der Waals surface area contributed by atoms with Crippen LogP contribution in [0.4, 0.5) is 0 Å². The Morgan fingerprint density at radius 2 is 1.22 bits per heavy atom. The van der Waals surface area contributed by atoms with Gasteiger partial charge >= 0.3 is 9.05 Å². The minimum atomic E-state index is -2.94. The number of hydrogen-bond donors (Lipinski definition) is 0. The molecule has 0 aromatic heterocycles. The molecule has 0 spiro atoms. The van der Waals surface area contributed by atoms with Gasteiger partial charge in [0.25, 0.3) is 0 Å². The van der Waals surface area contributed by atoms with Crippen LogP contribution in [0.5, 0.6) is 0 Å². The van der Waals surface area contributed by atoms with Crippen LogP contribution in [-0.4, -0.2) is 35.0 Å². The topological polar surface area (TPSA) is 36.9 Å². The van der Waals surface area contributed by atoms with E-state index < -0.39 is 9.05 Å². The minimum Gasteiger partial charge on any atom is -0.351 e. The Bertz CT molecular complexity index is 210. The van der Waals surface area contributed by atoms with Crippen molar-refractivity contribution in [3.63, 3.8) is 0 Å². The van der Waals surface area contributed by atoms with Crippen molar-refractivity contribution in [2.45, 2.75) is 53.6 Å². The normalized spacial score (nSPS) is 25.8. The maximum absolute atomic E-state index is 6.22. The summed E-state index contributed by atoms with van der Waals surface area (Å²) in [6.45, 7) is 12.0. The molecule has 0 aromatic carbocycles. The van der Waals surface area contributed by atoms with Crippen LogP contribution < -0.4 is 0 Å². The van der Waals surface area contributed by atoms with Crippen LogP contribution in [0.3, 0.4) is 0 Å². The van der Waals surface area contributed by atoms with E-state index in [1.165, 1.54) is 12.8 Å². The van der Waals surface area contributed by atoms with E-state index >= 15 is 0 Å². The first-order valence-corrected chi connectivity index (χ1v) is 8.81. The Labute approximate surface area is 112 Å². The highest BCUT2D eigenvalue weighted by atomic mass is 28.4. The lowest BCUT2D eigenvalue weighted by molar-refractivity contribution is -0.0651. The van der Waals surface area contributed by atoms with Gasteiger partial charge in [0.1, 0.15) is 0 Å². The fraction of sp³-hybridized carbons (Fsp3) is 1.00. The Morgan fingerprint density at radius 1 is 0.833 bits per heavy atom. The van der Waals surface area contributed by atoms with Crippen LogP contribution >= 0.6 is 0 Å². The summed E-state index contributed by atoms with van der Waals surface area (Å²) in [6, 6.07) is 0. The molecule has 5 heteroatoms. The summed E-state index contributed by atoms with van der Waals surface area (Å²) in [5.41, 5.74) is 0. The van der Waals surface area contributed by atoms with Crippen molar-refractivity contribution in [1.82, 2.24) is 0 Å². The zero-order valence-corrected chi connectivity index (χ0v) is 13.4. The molecule has 0 aromatic rings. The molecule has 0 bridgehead atoms. The van der Waals surface area contributed by atoms with Gasteiger partial charge in [-0.2, -0.15) is 0 Å². The van der Waals surface area contributed by atoms with Crippen LogP contribution in [0, 0.1) is 11.8 Å². The largest absolute Gasteiger partial charge is 0.679 e. The predicted octanol–water partition coefficient (Wildman–Crippen LogP) is 2.98. The van der Waals surface area contributed by atoms with Crippen LogP contribution in [-0.2, 0) is 17.7 Å². The van der Waals surface area contributed by atoms with Gasteiger partial charge in [-0.1, -0.05) is 13.8 Å². The molecular formula is C13H28O4Si. The van der Waals surface area contributed by atoms with Crippen molar-refractivity contribution < 1.29 is 17.7 Å². The average molecular weight is 276 g/mol.